The normalized spacial score (nSPS) is 10.6. The Morgan fingerprint density at radius 1 is 1.03 bits per heavy atom. The van der Waals surface area contributed by atoms with Crippen molar-refractivity contribution in [3.8, 4) is 22.8 Å². The number of hydrogen-bond acceptors (Lipinski definition) is 6. The third kappa shape index (κ3) is 4.49. The van der Waals surface area contributed by atoms with Crippen LogP contribution in [-0.4, -0.2) is 38.5 Å². The third-order valence-corrected chi connectivity index (χ3v) is 5.20. The van der Waals surface area contributed by atoms with Gasteiger partial charge in [-0.3, -0.25) is 14.3 Å². The lowest BCUT2D eigenvalue weighted by Gasteiger charge is -2.10. The van der Waals surface area contributed by atoms with Gasteiger partial charge in [0.15, 0.2) is 11.0 Å². The minimum atomic E-state index is -0.129. The molecule has 1 N–H and O–H groups in total. The van der Waals surface area contributed by atoms with Crippen molar-refractivity contribution in [2.24, 2.45) is 0 Å². The summed E-state index contributed by atoms with van der Waals surface area (Å²) in [7, 11) is 1.60. The van der Waals surface area contributed by atoms with Gasteiger partial charge in [0, 0.05) is 29.3 Å². The van der Waals surface area contributed by atoms with Gasteiger partial charge in [0.25, 0.3) is 0 Å². The molecule has 1 amide bonds. The molecule has 4 aromatic rings. The molecule has 0 aliphatic heterocycles. The van der Waals surface area contributed by atoms with E-state index in [0.717, 1.165) is 17.0 Å². The molecule has 150 valence electrons. The summed E-state index contributed by atoms with van der Waals surface area (Å²) >= 11 is 1.32. The number of carbonyl (C=O) groups is 1. The summed E-state index contributed by atoms with van der Waals surface area (Å²) in [6.07, 6.45) is 3.46. The first-order valence-electron chi connectivity index (χ1n) is 9.22. The van der Waals surface area contributed by atoms with Crippen molar-refractivity contribution >= 4 is 23.4 Å². The second-order valence-electron chi connectivity index (χ2n) is 6.28. The van der Waals surface area contributed by atoms with Gasteiger partial charge < -0.3 is 10.1 Å². The summed E-state index contributed by atoms with van der Waals surface area (Å²) in [5, 5.41) is 12.2. The van der Waals surface area contributed by atoms with Gasteiger partial charge in [-0.2, -0.15) is 0 Å². The smallest absolute Gasteiger partial charge is 0.234 e. The number of methoxy groups -OCH3 is 1. The second-order valence-corrected chi connectivity index (χ2v) is 7.23. The topological polar surface area (TPSA) is 81.9 Å². The van der Waals surface area contributed by atoms with Crippen molar-refractivity contribution in [1.29, 1.82) is 0 Å². The Morgan fingerprint density at radius 3 is 2.53 bits per heavy atom. The number of nitrogens with one attached hydrogen (secondary N) is 1. The molecule has 0 aliphatic carbocycles. The highest BCUT2D eigenvalue weighted by Gasteiger charge is 2.17. The monoisotopic (exact) mass is 417 g/mol. The van der Waals surface area contributed by atoms with E-state index in [4.69, 9.17) is 4.74 Å². The summed E-state index contributed by atoms with van der Waals surface area (Å²) < 4.78 is 7.07. The molecule has 4 rings (SSSR count). The summed E-state index contributed by atoms with van der Waals surface area (Å²) in [5.74, 6) is 1.48. The van der Waals surface area contributed by atoms with Gasteiger partial charge in [-0.15, -0.1) is 10.2 Å². The number of aromatic nitrogens is 4. The molecule has 0 radical (unpaired) electrons. The van der Waals surface area contributed by atoms with E-state index < -0.39 is 0 Å². The Morgan fingerprint density at radius 2 is 1.83 bits per heavy atom. The number of pyridine rings is 1. The molecule has 0 bridgehead atoms. The lowest BCUT2D eigenvalue weighted by atomic mass is 10.2. The number of anilines is 1. The number of nitrogens with zero attached hydrogens (tertiary/aromatic N) is 4. The van der Waals surface area contributed by atoms with Crippen molar-refractivity contribution in [1.82, 2.24) is 19.7 Å². The van der Waals surface area contributed by atoms with Gasteiger partial charge in [-0.05, 0) is 48.5 Å². The van der Waals surface area contributed by atoms with E-state index in [0.29, 0.717) is 16.7 Å². The Balaban J connectivity index is 1.54. The first-order valence-corrected chi connectivity index (χ1v) is 10.2. The van der Waals surface area contributed by atoms with Crippen LogP contribution in [0.4, 0.5) is 5.69 Å². The van der Waals surface area contributed by atoms with Crippen LogP contribution in [0.5, 0.6) is 5.75 Å². The van der Waals surface area contributed by atoms with Crippen LogP contribution < -0.4 is 10.1 Å². The fourth-order valence-corrected chi connectivity index (χ4v) is 3.61. The lowest BCUT2D eigenvalue weighted by molar-refractivity contribution is -0.113. The van der Waals surface area contributed by atoms with Gasteiger partial charge in [0.05, 0.1) is 12.9 Å². The molecule has 0 saturated heterocycles. The fraction of sp³-hybridized carbons (Fsp3) is 0.0909. The van der Waals surface area contributed by atoms with Gasteiger partial charge in [-0.1, -0.05) is 30.0 Å². The van der Waals surface area contributed by atoms with Gasteiger partial charge in [-0.25, -0.2) is 0 Å². The molecule has 2 aromatic carbocycles. The van der Waals surface area contributed by atoms with E-state index >= 15 is 0 Å². The molecule has 7 nitrogen and oxygen atoms in total. The predicted molar refractivity (Wildman–Crippen MR) is 117 cm³/mol. The number of ether oxygens (including phenoxy) is 1. The summed E-state index contributed by atoms with van der Waals surface area (Å²) in [6, 6.07) is 20.8. The SMILES string of the molecule is COc1ccc(NC(=O)CSc2nnc(-c3cccnc3)n2-c2ccccc2)cc1. The van der Waals surface area contributed by atoms with Crippen LogP contribution in [0.3, 0.4) is 0 Å². The molecule has 0 spiro atoms. The quantitative estimate of drug-likeness (QED) is 0.457. The number of thioether (sulfide) groups is 1. The first kappa shape index (κ1) is 19.7. The lowest BCUT2D eigenvalue weighted by Crippen LogP contribution is -2.14. The van der Waals surface area contributed by atoms with E-state index in [-0.39, 0.29) is 11.7 Å². The van der Waals surface area contributed by atoms with E-state index in [9.17, 15) is 4.79 Å². The van der Waals surface area contributed by atoms with Crippen LogP contribution >= 0.6 is 11.8 Å². The Bertz CT molecular complexity index is 1120. The van der Waals surface area contributed by atoms with Crippen LogP contribution in [0, 0.1) is 0 Å². The zero-order valence-electron chi connectivity index (χ0n) is 16.2. The van der Waals surface area contributed by atoms with Crippen LogP contribution in [0.15, 0.2) is 84.3 Å². The Hall–Kier alpha value is -3.65. The van der Waals surface area contributed by atoms with Crippen molar-refractivity contribution in [3.63, 3.8) is 0 Å². The number of rotatable bonds is 7. The molecule has 0 aliphatic rings. The number of amides is 1. The van der Waals surface area contributed by atoms with Crippen molar-refractivity contribution < 1.29 is 9.53 Å². The average molecular weight is 417 g/mol. The van der Waals surface area contributed by atoms with Crippen molar-refractivity contribution in [2.45, 2.75) is 5.16 Å². The van der Waals surface area contributed by atoms with Crippen LogP contribution in [0.1, 0.15) is 0 Å². The van der Waals surface area contributed by atoms with Gasteiger partial charge in [0.1, 0.15) is 5.75 Å². The molecule has 8 heteroatoms. The molecule has 0 atom stereocenters. The number of benzene rings is 2. The molecule has 2 aromatic heterocycles. The fourth-order valence-electron chi connectivity index (χ4n) is 2.86. The molecule has 30 heavy (non-hydrogen) atoms. The maximum absolute atomic E-state index is 12.4. The van der Waals surface area contributed by atoms with Gasteiger partial charge in [0.2, 0.25) is 5.91 Å². The number of carbonyl (C=O) groups excluding carboxylic acids is 1. The molecule has 2 heterocycles. The van der Waals surface area contributed by atoms with Crippen molar-refractivity contribution in [3.05, 3.63) is 79.1 Å². The van der Waals surface area contributed by atoms with E-state index in [1.807, 2.05) is 47.0 Å². The number of hydrogen-bond donors (Lipinski definition) is 1. The van der Waals surface area contributed by atoms with E-state index in [2.05, 4.69) is 20.5 Å². The van der Waals surface area contributed by atoms with E-state index in [1.54, 1.807) is 43.8 Å². The average Bonchev–Trinajstić information content (AvgIpc) is 3.23. The number of para-hydroxylation sites is 1. The van der Waals surface area contributed by atoms with Crippen LogP contribution in [0.25, 0.3) is 17.1 Å². The second kappa shape index (κ2) is 9.23. The highest BCUT2D eigenvalue weighted by atomic mass is 32.2. The molecule has 0 fully saturated rings. The highest BCUT2D eigenvalue weighted by molar-refractivity contribution is 7.99. The third-order valence-electron chi connectivity index (χ3n) is 4.27. The zero-order chi connectivity index (χ0) is 20.8. The summed E-state index contributed by atoms with van der Waals surface area (Å²) in [5.41, 5.74) is 2.48. The predicted octanol–water partition coefficient (Wildman–Crippen LogP) is 4.07. The maximum Gasteiger partial charge on any atom is 0.234 e. The first-order chi connectivity index (χ1) is 14.7. The molecular weight excluding hydrogens is 398 g/mol. The Kier molecular flexibility index (Phi) is 6.05. The minimum absolute atomic E-state index is 0.129. The molecule has 0 saturated carbocycles. The van der Waals surface area contributed by atoms with Gasteiger partial charge >= 0.3 is 0 Å². The Labute approximate surface area is 178 Å². The maximum atomic E-state index is 12.4. The molecule has 0 unspecified atom stereocenters. The van der Waals surface area contributed by atoms with Crippen molar-refractivity contribution in [2.75, 3.05) is 18.2 Å². The van der Waals surface area contributed by atoms with Crippen LogP contribution in [0.2, 0.25) is 0 Å². The highest BCUT2D eigenvalue weighted by Crippen LogP contribution is 2.27. The minimum Gasteiger partial charge on any atom is -0.497 e. The molecular formula is C22H19N5O2S. The van der Waals surface area contributed by atoms with E-state index in [1.165, 1.54) is 11.8 Å². The summed E-state index contributed by atoms with van der Waals surface area (Å²) in [4.78, 5) is 16.6. The largest absolute Gasteiger partial charge is 0.497 e. The summed E-state index contributed by atoms with van der Waals surface area (Å²) in [6.45, 7) is 0. The zero-order valence-corrected chi connectivity index (χ0v) is 17.0. The van der Waals surface area contributed by atoms with Crippen LogP contribution in [-0.2, 0) is 4.79 Å². The standard InChI is InChI=1S/C22H19N5O2S/c1-29-19-11-9-17(10-12-19)24-20(28)15-30-22-26-25-21(16-6-5-13-23-14-16)27(22)18-7-3-2-4-8-18/h2-14H,15H2,1H3,(H,24,28).